The molecule has 1 aromatic carbocycles. The molecule has 172 valence electrons. The van der Waals surface area contributed by atoms with E-state index in [9.17, 15) is 9.59 Å². The normalized spacial score (nSPS) is 12.6. The lowest BCUT2D eigenvalue weighted by atomic mass is 9.97. The van der Waals surface area contributed by atoms with Crippen molar-refractivity contribution in [3.63, 3.8) is 0 Å². The first-order chi connectivity index (χ1) is 14.8. The van der Waals surface area contributed by atoms with Crippen molar-refractivity contribution in [2.75, 3.05) is 41.3 Å². The third kappa shape index (κ3) is 13.4. The number of amides is 1. The molecule has 0 radical (unpaired) electrons. The van der Waals surface area contributed by atoms with Gasteiger partial charge in [0, 0.05) is 18.2 Å². The zero-order valence-electron chi connectivity index (χ0n) is 20.4. The first-order valence-corrected chi connectivity index (χ1v) is 10.9. The van der Waals surface area contributed by atoms with E-state index < -0.39 is 0 Å². The minimum atomic E-state index is -0.182. The van der Waals surface area contributed by atoms with Gasteiger partial charge in [-0.2, -0.15) is 0 Å². The van der Waals surface area contributed by atoms with E-state index in [1.54, 1.807) is 20.0 Å². The molecule has 2 N–H and O–H groups in total. The largest absolute Gasteiger partial charge is 0.355 e. The van der Waals surface area contributed by atoms with Gasteiger partial charge in [0.25, 0.3) is 0 Å². The van der Waals surface area contributed by atoms with Crippen LogP contribution in [-0.2, 0) is 16.0 Å². The Morgan fingerprint density at radius 1 is 1.06 bits per heavy atom. The van der Waals surface area contributed by atoms with Gasteiger partial charge in [0.15, 0.2) is 0 Å². The average molecular weight is 428 g/mol. The Hall–Kier alpha value is -2.50. The standard InChI is InChI=1S/C20H25NO2.C6H16N2/c1-5-15(2)19(12-17-9-7-6-8-10-17)13-18(14-22)11-16(3)20(23)21-4;1-7-5-4-6-8(2)3/h6-11,13-14H,5,12H2,1-4H3,(H,21,23);7H,4-6H2,1-3H3/b16-11+,18-13+,19-15?;. The van der Waals surface area contributed by atoms with Crippen molar-refractivity contribution < 1.29 is 9.59 Å². The molecule has 0 fully saturated rings. The van der Waals surface area contributed by atoms with Gasteiger partial charge in [0.2, 0.25) is 5.91 Å². The second-order valence-electron chi connectivity index (χ2n) is 7.75. The highest BCUT2D eigenvalue weighted by Crippen LogP contribution is 2.18. The molecule has 1 rings (SSSR count). The maximum atomic E-state index is 11.6. The van der Waals surface area contributed by atoms with Gasteiger partial charge >= 0.3 is 0 Å². The number of likely N-dealkylation sites (N-methyl/N-ethyl adjacent to an activating group) is 1. The number of allylic oxidation sites excluding steroid dienone is 5. The molecule has 0 atom stereocenters. The lowest BCUT2D eigenvalue weighted by Gasteiger charge is -2.09. The lowest BCUT2D eigenvalue weighted by Crippen LogP contribution is -2.18. The fourth-order valence-electron chi connectivity index (χ4n) is 2.76. The third-order valence-corrected chi connectivity index (χ3v) is 4.79. The monoisotopic (exact) mass is 427 g/mol. The van der Waals surface area contributed by atoms with E-state index >= 15 is 0 Å². The van der Waals surface area contributed by atoms with Crippen LogP contribution in [0.5, 0.6) is 0 Å². The molecule has 0 aromatic heterocycles. The topological polar surface area (TPSA) is 61.4 Å². The number of aldehydes is 1. The summed E-state index contributed by atoms with van der Waals surface area (Å²) in [6, 6.07) is 10.1. The van der Waals surface area contributed by atoms with Gasteiger partial charge in [-0.15, -0.1) is 0 Å². The van der Waals surface area contributed by atoms with E-state index in [4.69, 9.17) is 0 Å². The number of nitrogens with zero attached hydrogens (tertiary/aromatic N) is 1. The Morgan fingerprint density at radius 3 is 2.19 bits per heavy atom. The number of hydrogen-bond donors (Lipinski definition) is 2. The lowest BCUT2D eigenvalue weighted by molar-refractivity contribution is -0.117. The van der Waals surface area contributed by atoms with Crippen LogP contribution in [0.25, 0.3) is 0 Å². The van der Waals surface area contributed by atoms with Gasteiger partial charge in [-0.1, -0.05) is 42.8 Å². The van der Waals surface area contributed by atoms with E-state index in [-0.39, 0.29) is 5.91 Å². The maximum Gasteiger partial charge on any atom is 0.246 e. The molecule has 0 aliphatic carbocycles. The molecular weight excluding hydrogens is 386 g/mol. The van der Waals surface area contributed by atoms with Crippen molar-refractivity contribution in [3.8, 4) is 0 Å². The van der Waals surface area contributed by atoms with Crippen LogP contribution >= 0.6 is 0 Å². The second-order valence-corrected chi connectivity index (χ2v) is 7.75. The molecule has 1 amide bonds. The summed E-state index contributed by atoms with van der Waals surface area (Å²) in [6.45, 7) is 8.18. The molecule has 5 nitrogen and oxygen atoms in total. The number of carbonyl (C=O) groups is 2. The predicted molar refractivity (Wildman–Crippen MR) is 132 cm³/mol. The van der Waals surface area contributed by atoms with Gasteiger partial charge in [-0.25, -0.2) is 0 Å². The summed E-state index contributed by atoms with van der Waals surface area (Å²) in [5, 5.41) is 5.66. The van der Waals surface area contributed by atoms with Crippen LogP contribution in [0.3, 0.4) is 0 Å². The summed E-state index contributed by atoms with van der Waals surface area (Å²) < 4.78 is 0. The molecule has 0 saturated heterocycles. The van der Waals surface area contributed by atoms with Gasteiger partial charge in [0.1, 0.15) is 6.29 Å². The molecule has 0 aliphatic rings. The van der Waals surface area contributed by atoms with E-state index in [1.165, 1.54) is 24.1 Å². The molecule has 0 saturated carbocycles. The number of carbonyl (C=O) groups excluding carboxylic acids is 2. The molecule has 0 unspecified atom stereocenters. The zero-order chi connectivity index (χ0) is 23.6. The smallest absolute Gasteiger partial charge is 0.246 e. The summed E-state index contributed by atoms with van der Waals surface area (Å²) in [6.07, 6.45) is 7.22. The highest BCUT2D eigenvalue weighted by Gasteiger charge is 2.05. The van der Waals surface area contributed by atoms with Crippen molar-refractivity contribution >= 4 is 12.2 Å². The van der Waals surface area contributed by atoms with Crippen LogP contribution in [-0.4, -0.2) is 58.4 Å². The van der Waals surface area contributed by atoms with E-state index in [0.29, 0.717) is 11.1 Å². The zero-order valence-corrected chi connectivity index (χ0v) is 20.4. The molecule has 0 aliphatic heterocycles. The Balaban J connectivity index is 0.000000954. The quantitative estimate of drug-likeness (QED) is 0.243. The Bertz CT molecular complexity index is 747. The number of rotatable bonds is 11. The molecule has 31 heavy (non-hydrogen) atoms. The highest BCUT2D eigenvalue weighted by atomic mass is 16.1. The third-order valence-electron chi connectivity index (χ3n) is 4.79. The van der Waals surface area contributed by atoms with E-state index in [0.717, 1.165) is 31.2 Å². The van der Waals surface area contributed by atoms with Gasteiger partial charge in [0.05, 0.1) is 0 Å². The maximum absolute atomic E-state index is 11.6. The van der Waals surface area contributed by atoms with E-state index in [1.807, 2.05) is 31.3 Å². The number of benzene rings is 1. The summed E-state index contributed by atoms with van der Waals surface area (Å²) in [7, 11) is 7.74. The first kappa shape index (κ1) is 28.5. The average Bonchev–Trinajstić information content (AvgIpc) is 2.77. The highest BCUT2D eigenvalue weighted by molar-refractivity contribution is 5.95. The molecule has 0 spiro atoms. The fourth-order valence-corrected chi connectivity index (χ4v) is 2.76. The number of hydrogen-bond acceptors (Lipinski definition) is 4. The Morgan fingerprint density at radius 2 is 1.71 bits per heavy atom. The van der Waals surface area contributed by atoms with Crippen molar-refractivity contribution in [2.45, 2.75) is 40.0 Å². The van der Waals surface area contributed by atoms with Crippen molar-refractivity contribution in [3.05, 3.63) is 70.3 Å². The van der Waals surface area contributed by atoms with Crippen LogP contribution in [0, 0.1) is 0 Å². The van der Waals surface area contributed by atoms with Crippen LogP contribution in [0.2, 0.25) is 0 Å². The summed E-state index contributed by atoms with van der Waals surface area (Å²) in [5.41, 5.74) is 4.56. The minimum Gasteiger partial charge on any atom is -0.355 e. The van der Waals surface area contributed by atoms with Gasteiger partial charge < -0.3 is 15.5 Å². The van der Waals surface area contributed by atoms with Crippen molar-refractivity contribution in [1.82, 2.24) is 15.5 Å². The van der Waals surface area contributed by atoms with Crippen LogP contribution in [0.1, 0.15) is 39.2 Å². The van der Waals surface area contributed by atoms with Crippen LogP contribution < -0.4 is 10.6 Å². The van der Waals surface area contributed by atoms with Crippen LogP contribution in [0.4, 0.5) is 0 Å². The van der Waals surface area contributed by atoms with Gasteiger partial charge in [-0.05, 0) is 90.6 Å². The Labute approximate surface area is 189 Å². The van der Waals surface area contributed by atoms with Gasteiger partial charge in [-0.3, -0.25) is 9.59 Å². The molecule has 1 aromatic rings. The first-order valence-electron chi connectivity index (χ1n) is 10.9. The van der Waals surface area contributed by atoms with Crippen molar-refractivity contribution in [2.24, 2.45) is 0 Å². The summed E-state index contributed by atoms with van der Waals surface area (Å²) >= 11 is 0. The molecule has 0 bridgehead atoms. The fraction of sp³-hybridized carbons (Fsp3) is 0.462. The minimum absolute atomic E-state index is 0.182. The van der Waals surface area contributed by atoms with E-state index in [2.05, 4.69) is 55.6 Å². The van der Waals surface area contributed by atoms with Crippen molar-refractivity contribution in [1.29, 1.82) is 0 Å². The molecule has 5 heteroatoms. The number of nitrogens with one attached hydrogen (secondary N) is 2. The summed E-state index contributed by atoms with van der Waals surface area (Å²) in [4.78, 5) is 25.2. The molecule has 0 heterocycles. The second kappa shape index (κ2) is 17.2. The molecular formula is C26H41N3O2. The Kier molecular flexibility index (Phi) is 15.8. The predicted octanol–water partition coefficient (Wildman–Crippen LogP) is 3.93. The van der Waals surface area contributed by atoms with Crippen LogP contribution in [0.15, 0.2) is 64.8 Å². The summed E-state index contributed by atoms with van der Waals surface area (Å²) in [5.74, 6) is -0.182. The SMILES string of the molecule is CCC(C)=C(/C=C(C=O)\C=C(/C)C(=O)NC)Cc1ccccc1.CNCCCN(C)C.